The van der Waals surface area contributed by atoms with Gasteiger partial charge in [-0.15, -0.1) is 0 Å². The molecule has 17 heavy (non-hydrogen) atoms. The van der Waals surface area contributed by atoms with E-state index >= 15 is 0 Å². The molecule has 0 amide bonds. The molecule has 0 aliphatic heterocycles. The predicted molar refractivity (Wildman–Crippen MR) is 63.1 cm³/mol. The van der Waals surface area contributed by atoms with Gasteiger partial charge in [0.1, 0.15) is 5.82 Å². The van der Waals surface area contributed by atoms with Crippen LogP contribution >= 0.6 is 0 Å². The lowest BCUT2D eigenvalue weighted by atomic mass is 10.2. The summed E-state index contributed by atoms with van der Waals surface area (Å²) in [6.07, 6.45) is -0.977. The van der Waals surface area contributed by atoms with E-state index in [0.29, 0.717) is 5.56 Å². The number of rotatable bonds is 5. The van der Waals surface area contributed by atoms with Gasteiger partial charge < -0.3 is 10.4 Å². The minimum absolute atomic E-state index is 0.0639. The Hall–Kier alpha value is -0.980. The van der Waals surface area contributed by atoms with Crippen molar-refractivity contribution in [2.75, 3.05) is 19.3 Å². The summed E-state index contributed by atoms with van der Waals surface area (Å²) >= 11 is 0. The van der Waals surface area contributed by atoms with Gasteiger partial charge in [-0.3, -0.25) is 0 Å². The maximum Gasteiger partial charge on any atom is 0.181 e. The van der Waals surface area contributed by atoms with Gasteiger partial charge in [0.15, 0.2) is 9.84 Å². The van der Waals surface area contributed by atoms with Crippen LogP contribution in [0.5, 0.6) is 0 Å². The summed E-state index contributed by atoms with van der Waals surface area (Å²) in [4.78, 5) is 0.0639. The quantitative estimate of drug-likeness (QED) is 0.757. The summed E-state index contributed by atoms with van der Waals surface area (Å²) in [5, 5.41) is 12.2. The van der Waals surface area contributed by atoms with Crippen LogP contribution in [0.4, 0.5) is 4.39 Å². The lowest BCUT2D eigenvalue weighted by Gasteiger charge is -2.12. The second-order valence-corrected chi connectivity index (χ2v) is 5.91. The summed E-state index contributed by atoms with van der Waals surface area (Å²) in [5.41, 5.74) is 0.349. The number of likely N-dealkylation sites (N-methyl/N-ethyl adjacent to an activating group) is 1. The van der Waals surface area contributed by atoms with Gasteiger partial charge in [-0.1, -0.05) is 0 Å². The monoisotopic (exact) mass is 261 g/mol. The molecule has 0 radical (unpaired) electrons. The second kappa shape index (κ2) is 5.57. The molecule has 0 aromatic heterocycles. The van der Waals surface area contributed by atoms with E-state index in [-0.39, 0.29) is 17.2 Å². The van der Waals surface area contributed by atoms with Gasteiger partial charge in [-0.05, 0) is 37.7 Å². The van der Waals surface area contributed by atoms with Gasteiger partial charge in [0.05, 0.1) is 16.8 Å². The third kappa shape index (κ3) is 3.76. The van der Waals surface area contributed by atoms with Crippen LogP contribution in [0.25, 0.3) is 0 Å². The van der Waals surface area contributed by atoms with Crippen molar-refractivity contribution < 1.29 is 17.9 Å². The summed E-state index contributed by atoms with van der Waals surface area (Å²) in [7, 11) is -1.96. The lowest BCUT2D eigenvalue weighted by molar-refractivity contribution is 0.196. The minimum atomic E-state index is -3.59. The number of aliphatic hydroxyl groups is 1. The van der Waals surface area contributed by atoms with Crippen LogP contribution in [0.2, 0.25) is 0 Å². The minimum Gasteiger partial charge on any atom is -0.391 e. The molecule has 0 fully saturated rings. The van der Waals surface area contributed by atoms with Crippen LogP contribution < -0.4 is 5.32 Å². The summed E-state index contributed by atoms with van der Waals surface area (Å²) < 4.78 is 36.7. The molecule has 0 spiro atoms. The second-order valence-electron chi connectivity index (χ2n) is 3.90. The molecule has 1 rings (SSSR count). The lowest BCUT2D eigenvalue weighted by Crippen LogP contribution is -2.30. The average Bonchev–Trinajstić information content (AvgIpc) is 2.15. The molecule has 6 heteroatoms. The third-order valence-electron chi connectivity index (χ3n) is 2.32. The molecule has 0 saturated heterocycles. The van der Waals surface area contributed by atoms with E-state index in [1.54, 1.807) is 7.05 Å². The van der Waals surface area contributed by atoms with Crippen molar-refractivity contribution in [3.05, 3.63) is 29.6 Å². The van der Waals surface area contributed by atoms with Crippen LogP contribution in [0.1, 0.15) is 5.56 Å². The topological polar surface area (TPSA) is 66.4 Å². The van der Waals surface area contributed by atoms with Crippen LogP contribution in [0.15, 0.2) is 23.1 Å². The predicted octanol–water partition coefficient (Wildman–Crippen LogP) is 0.488. The van der Waals surface area contributed by atoms with E-state index in [0.717, 1.165) is 12.1 Å². The van der Waals surface area contributed by atoms with E-state index < -0.39 is 21.8 Å². The van der Waals surface area contributed by atoms with Gasteiger partial charge >= 0.3 is 0 Å². The maximum atomic E-state index is 12.9. The highest BCUT2D eigenvalue weighted by atomic mass is 32.2. The van der Waals surface area contributed by atoms with Crippen molar-refractivity contribution in [3.63, 3.8) is 0 Å². The van der Waals surface area contributed by atoms with Gasteiger partial charge in [0, 0.05) is 6.54 Å². The average molecular weight is 261 g/mol. The highest BCUT2D eigenvalue weighted by Gasteiger charge is 2.21. The molecule has 0 heterocycles. The summed E-state index contributed by atoms with van der Waals surface area (Å²) in [6, 6.07) is 3.49. The first-order valence-electron chi connectivity index (χ1n) is 5.18. The van der Waals surface area contributed by atoms with Crippen molar-refractivity contribution >= 4 is 9.84 Å². The Labute approximate surface area is 100 Å². The first-order chi connectivity index (χ1) is 7.86. The van der Waals surface area contributed by atoms with Gasteiger partial charge in [-0.25, -0.2) is 12.8 Å². The molecule has 0 saturated carbocycles. The number of aryl methyl sites for hydroxylation is 1. The molecule has 4 nitrogen and oxygen atoms in total. The van der Waals surface area contributed by atoms with Crippen molar-refractivity contribution in [1.82, 2.24) is 5.32 Å². The standard InChI is InChI=1S/C11H16FNO3S/c1-8-5-9(12)3-4-11(8)17(15,16)7-10(14)6-13-2/h3-5,10,13-14H,6-7H2,1-2H3. The first kappa shape index (κ1) is 14.1. The Balaban J connectivity index is 2.97. The molecule has 0 aliphatic carbocycles. The fraction of sp³-hybridized carbons (Fsp3) is 0.455. The van der Waals surface area contributed by atoms with E-state index in [9.17, 15) is 17.9 Å². The zero-order valence-electron chi connectivity index (χ0n) is 9.77. The van der Waals surface area contributed by atoms with Crippen LogP contribution in [-0.2, 0) is 9.84 Å². The third-order valence-corrected chi connectivity index (χ3v) is 4.28. The van der Waals surface area contributed by atoms with Gasteiger partial charge in [0.25, 0.3) is 0 Å². The fourth-order valence-electron chi connectivity index (χ4n) is 1.60. The van der Waals surface area contributed by atoms with Crippen molar-refractivity contribution in [2.24, 2.45) is 0 Å². The summed E-state index contributed by atoms with van der Waals surface area (Å²) in [6.45, 7) is 1.72. The van der Waals surface area contributed by atoms with E-state index in [2.05, 4.69) is 5.32 Å². The number of hydrogen-bond acceptors (Lipinski definition) is 4. The number of nitrogens with one attached hydrogen (secondary N) is 1. The summed E-state index contributed by atoms with van der Waals surface area (Å²) in [5.74, 6) is -0.849. The Morgan fingerprint density at radius 1 is 1.47 bits per heavy atom. The van der Waals surface area contributed by atoms with Crippen molar-refractivity contribution in [3.8, 4) is 0 Å². The molecule has 2 N–H and O–H groups in total. The molecule has 96 valence electrons. The number of benzene rings is 1. The van der Waals surface area contributed by atoms with Crippen LogP contribution in [0, 0.1) is 12.7 Å². The van der Waals surface area contributed by atoms with Crippen LogP contribution in [0.3, 0.4) is 0 Å². The van der Waals surface area contributed by atoms with E-state index in [4.69, 9.17) is 0 Å². The number of aliphatic hydroxyl groups excluding tert-OH is 1. The van der Waals surface area contributed by atoms with E-state index in [1.807, 2.05) is 0 Å². The Kier molecular flexibility index (Phi) is 4.62. The maximum absolute atomic E-state index is 12.9. The zero-order valence-corrected chi connectivity index (χ0v) is 10.6. The zero-order chi connectivity index (χ0) is 13.1. The largest absolute Gasteiger partial charge is 0.391 e. The molecule has 1 aromatic rings. The number of hydrogen-bond donors (Lipinski definition) is 2. The highest BCUT2D eigenvalue weighted by molar-refractivity contribution is 7.91. The Morgan fingerprint density at radius 2 is 2.12 bits per heavy atom. The van der Waals surface area contributed by atoms with Gasteiger partial charge in [0.2, 0.25) is 0 Å². The van der Waals surface area contributed by atoms with Crippen molar-refractivity contribution in [2.45, 2.75) is 17.9 Å². The smallest absolute Gasteiger partial charge is 0.181 e. The van der Waals surface area contributed by atoms with Gasteiger partial charge in [-0.2, -0.15) is 0 Å². The number of halogens is 1. The highest BCUT2D eigenvalue weighted by Crippen LogP contribution is 2.18. The molecule has 0 aliphatic rings. The number of sulfone groups is 1. The molecule has 0 bridgehead atoms. The molecule has 1 unspecified atom stereocenters. The molecule has 1 atom stereocenters. The first-order valence-corrected chi connectivity index (χ1v) is 6.83. The molecular formula is C11H16FNO3S. The Morgan fingerprint density at radius 3 is 2.65 bits per heavy atom. The Bertz CT molecular complexity index is 487. The molecule has 1 aromatic carbocycles. The normalized spacial score (nSPS) is 13.6. The van der Waals surface area contributed by atoms with Crippen molar-refractivity contribution in [1.29, 1.82) is 0 Å². The SMILES string of the molecule is CNCC(O)CS(=O)(=O)c1ccc(F)cc1C. The fourth-order valence-corrected chi connectivity index (χ4v) is 3.23. The van der Waals surface area contributed by atoms with Crippen LogP contribution in [-0.4, -0.2) is 39.0 Å². The molecular weight excluding hydrogens is 245 g/mol. The van der Waals surface area contributed by atoms with E-state index in [1.165, 1.54) is 13.0 Å².